The maximum Gasteiger partial charge on any atom is 0.270 e. The van der Waals surface area contributed by atoms with E-state index >= 15 is 0 Å². The molecule has 0 fully saturated rings. The zero-order chi connectivity index (χ0) is 10.1. The molecule has 0 radical (unpaired) electrons. The minimum absolute atomic E-state index is 0. The van der Waals surface area contributed by atoms with Gasteiger partial charge in [-0.1, -0.05) is 26.8 Å². The van der Waals surface area contributed by atoms with E-state index in [0.29, 0.717) is 5.69 Å². The summed E-state index contributed by atoms with van der Waals surface area (Å²) in [7, 11) is 0. The highest BCUT2D eigenvalue weighted by atomic mass is 35.5. The van der Waals surface area contributed by atoms with E-state index in [2.05, 4.69) is 25.8 Å². The van der Waals surface area contributed by atoms with Gasteiger partial charge < -0.3 is 0 Å². The van der Waals surface area contributed by atoms with Crippen LogP contribution in [0.1, 0.15) is 36.8 Å². The van der Waals surface area contributed by atoms with Gasteiger partial charge in [-0.15, -0.1) is 12.4 Å². The van der Waals surface area contributed by atoms with E-state index in [1.807, 2.05) is 6.07 Å². The predicted octanol–water partition coefficient (Wildman–Crippen LogP) is 3.18. The monoisotopic (exact) mass is 233 g/mol. The summed E-state index contributed by atoms with van der Waals surface area (Å²) in [6, 6.07) is 3.53. The molecule has 1 rings (SSSR count). The lowest BCUT2D eigenvalue weighted by Gasteiger charge is -2.17. The number of pyridine rings is 1. The topological polar surface area (TPSA) is 30.0 Å². The van der Waals surface area contributed by atoms with Gasteiger partial charge in [0.15, 0.2) is 0 Å². The van der Waals surface area contributed by atoms with E-state index in [4.69, 9.17) is 11.6 Å². The van der Waals surface area contributed by atoms with Crippen molar-refractivity contribution < 1.29 is 4.79 Å². The lowest BCUT2D eigenvalue weighted by molar-refractivity contribution is 0.107. The highest BCUT2D eigenvalue weighted by Gasteiger charge is 2.14. The summed E-state index contributed by atoms with van der Waals surface area (Å²) in [4.78, 5) is 14.7. The van der Waals surface area contributed by atoms with Crippen LogP contribution in [0.4, 0.5) is 0 Å². The van der Waals surface area contributed by atoms with Crippen LogP contribution in [0.15, 0.2) is 18.3 Å². The van der Waals surface area contributed by atoms with Crippen molar-refractivity contribution >= 4 is 29.3 Å². The van der Waals surface area contributed by atoms with Gasteiger partial charge in [-0.2, -0.15) is 0 Å². The van der Waals surface area contributed by atoms with Gasteiger partial charge in [0.2, 0.25) is 0 Å². The third-order valence-electron chi connectivity index (χ3n) is 1.83. The van der Waals surface area contributed by atoms with Gasteiger partial charge in [0, 0.05) is 6.20 Å². The molecule has 0 aliphatic rings. The summed E-state index contributed by atoms with van der Waals surface area (Å²) in [6.45, 7) is 6.27. The number of hydrogen-bond acceptors (Lipinski definition) is 2. The highest BCUT2D eigenvalue weighted by Crippen LogP contribution is 2.21. The highest BCUT2D eigenvalue weighted by molar-refractivity contribution is 6.67. The molecule has 78 valence electrons. The average molecular weight is 234 g/mol. The summed E-state index contributed by atoms with van der Waals surface area (Å²) in [5.41, 5.74) is 1.45. The van der Waals surface area contributed by atoms with Crippen molar-refractivity contribution in [2.45, 2.75) is 26.2 Å². The molecule has 2 nitrogen and oxygen atoms in total. The first-order chi connectivity index (χ1) is 5.91. The van der Waals surface area contributed by atoms with Crippen LogP contribution in [0.3, 0.4) is 0 Å². The van der Waals surface area contributed by atoms with Crippen LogP contribution in [0.25, 0.3) is 0 Å². The Labute approximate surface area is 95.1 Å². The summed E-state index contributed by atoms with van der Waals surface area (Å²) >= 11 is 5.27. The molecule has 0 saturated carbocycles. The number of hydrogen-bond donors (Lipinski definition) is 0. The van der Waals surface area contributed by atoms with Gasteiger partial charge in [-0.25, -0.2) is 0 Å². The van der Waals surface area contributed by atoms with Crippen molar-refractivity contribution in [1.82, 2.24) is 4.98 Å². The molecule has 0 unspecified atom stereocenters. The molecule has 1 aromatic heterocycles. The third-order valence-corrected chi connectivity index (χ3v) is 2.02. The molecule has 0 bridgehead atoms. The second kappa shape index (κ2) is 4.76. The Kier molecular flexibility index (Phi) is 4.56. The number of rotatable bonds is 1. The Morgan fingerprint density at radius 1 is 1.36 bits per heavy atom. The fourth-order valence-electron chi connectivity index (χ4n) is 0.954. The summed E-state index contributed by atoms with van der Waals surface area (Å²) in [5.74, 6) is 0. The maximum atomic E-state index is 10.7. The molecule has 0 aliphatic heterocycles. The van der Waals surface area contributed by atoms with Crippen molar-refractivity contribution in [2.24, 2.45) is 0 Å². The van der Waals surface area contributed by atoms with Crippen molar-refractivity contribution in [3.63, 3.8) is 0 Å². The van der Waals surface area contributed by atoms with E-state index in [1.54, 1.807) is 12.3 Å². The molecule has 1 aromatic rings. The van der Waals surface area contributed by atoms with Crippen molar-refractivity contribution in [2.75, 3.05) is 0 Å². The van der Waals surface area contributed by atoms with Gasteiger partial charge >= 0.3 is 0 Å². The van der Waals surface area contributed by atoms with Crippen molar-refractivity contribution in [3.05, 3.63) is 29.6 Å². The molecule has 0 spiro atoms. The second-order valence-corrected chi connectivity index (χ2v) is 4.30. The van der Waals surface area contributed by atoms with E-state index in [-0.39, 0.29) is 17.8 Å². The maximum absolute atomic E-state index is 10.7. The lowest BCUT2D eigenvalue weighted by Crippen LogP contribution is -2.11. The molecule has 14 heavy (non-hydrogen) atoms. The quantitative estimate of drug-likeness (QED) is 0.698. The predicted molar refractivity (Wildman–Crippen MR) is 60.4 cm³/mol. The molecule has 0 aromatic carbocycles. The van der Waals surface area contributed by atoms with E-state index in [9.17, 15) is 4.79 Å². The molecule has 1 heterocycles. The van der Waals surface area contributed by atoms with Gasteiger partial charge in [-0.05, 0) is 28.6 Å². The standard InChI is InChI=1S/C10H12ClNO.ClH/c1-10(2,3)7-4-5-8(9(11)13)12-6-7;/h4-6H,1-3H3;1H. The largest absolute Gasteiger partial charge is 0.274 e. The van der Waals surface area contributed by atoms with Crippen LogP contribution in [-0.4, -0.2) is 10.2 Å². The molecule has 0 saturated heterocycles. The first kappa shape index (κ1) is 13.4. The average Bonchev–Trinajstić information content (AvgIpc) is 2.03. The van der Waals surface area contributed by atoms with Crippen molar-refractivity contribution in [1.29, 1.82) is 0 Å². The van der Waals surface area contributed by atoms with Crippen LogP contribution >= 0.6 is 24.0 Å². The molecule has 4 heteroatoms. The van der Waals surface area contributed by atoms with Crippen molar-refractivity contribution in [3.8, 4) is 0 Å². The molecular formula is C10H13Cl2NO. The van der Waals surface area contributed by atoms with Gasteiger partial charge in [-0.3, -0.25) is 9.78 Å². The van der Waals surface area contributed by atoms with E-state index in [1.165, 1.54) is 0 Å². The van der Waals surface area contributed by atoms with E-state index < -0.39 is 5.24 Å². The number of aromatic nitrogens is 1. The number of nitrogens with zero attached hydrogens (tertiary/aromatic N) is 1. The Bertz CT molecular complexity index is 314. The first-order valence-electron chi connectivity index (χ1n) is 4.07. The van der Waals surface area contributed by atoms with E-state index in [0.717, 1.165) is 5.56 Å². The van der Waals surface area contributed by atoms with Crippen LogP contribution in [-0.2, 0) is 5.41 Å². The number of halogens is 2. The summed E-state index contributed by atoms with van der Waals surface area (Å²) in [5, 5.41) is -0.513. The first-order valence-corrected chi connectivity index (χ1v) is 4.45. The van der Waals surface area contributed by atoms with Crippen LogP contribution in [0.2, 0.25) is 0 Å². The molecule has 0 amide bonds. The molecular weight excluding hydrogens is 221 g/mol. The molecule has 0 atom stereocenters. The normalized spacial score (nSPS) is 10.6. The zero-order valence-electron chi connectivity index (χ0n) is 8.37. The Morgan fingerprint density at radius 2 is 1.93 bits per heavy atom. The van der Waals surface area contributed by atoms with Crippen LogP contribution in [0.5, 0.6) is 0 Å². The zero-order valence-corrected chi connectivity index (χ0v) is 9.95. The summed E-state index contributed by atoms with van der Waals surface area (Å²) < 4.78 is 0. The summed E-state index contributed by atoms with van der Waals surface area (Å²) in [6.07, 6.45) is 1.69. The fourth-order valence-corrected chi connectivity index (χ4v) is 1.07. The third kappa shape index (κ3) is 3.28. The minimum atomic E-state index is -0.513. The Morgan fingerprint density at radius 3 is 2.21 bits per heavy atom. The Balaban J connectivity index is 0.00000169. The van der Waals surface area contributed by atoms with Gasteiger partial charge in [0.05, 0.1) is 0 Å². The second-order valence-electron chi connectivity index (χ2n) is 3.96. The molecule has 0 aliphatic carbocycles. The number of carbonyl (C=O) groups is 1. The smallest absolute Gasteiger partial charge is 0.270 e. The van der Waals surface area contributed by atoms with Crippen LogP contribution < -0.4 is 0 Å². The lowest BCUT2D eigenvalue weighted by atomic mass is 9.88. The molecule has 0 N–H and O–H groups in total. The number of carbonyl (C=O) groups excluding carboxylic acids is 1. The minimum Gasteiger partial charge on any atom is -0.274 e. The van der Waals surface area contributed by atoms with Gasteiger partial charge in [0.1, 0.15) is 5.69 Å². The van der Waals surface area contributed by atoms with Gasteiger partial charge in [0.25, 0.3) is 5.24 Å². The van der Waals surface area contributed by atoms with Crippen LogP contribution in [0, 0.1) is 0 Å². The SMILES string of the molecule is CC(C)(C)c1ccc(C(=O)Cl)nc1.Cl. The Hall–Kier alpha value is -0.600. The fraction of sp³-hybridized carbons (Fsp3) is 0.400.